The van der Waals surface area contributed by atoms with Crippen molar-refractivity contribution in [2.24, 2.45) is 5.92 Å². The van der Waals surface area contributed by atoms with Crippen molar-refractivity contribution in [3.8, 4) is 5.75 Å². The van der Waals surface area contributed by atoms with E-state index in [1.165, 1.54) is 17.5 Å². The maximum Gasteiger partial charge on any atom is 0.122 e. The molecule has 1 heterocycles. The molecule has 0 aromatic heterocycles. The Hall–Kier alpha value is -1.06. The summed E-state index contributed by atoms with van der Waals surface area (Å²) in [7, 11) is 3.76. The molecule has 0 amide bonds. The second-order valence-electron chi connectivity index (χ2n) is 5.32. The summed E-state index contributed by atoms with van der Waals surface area (Å²) in [5, 5.41) is 3.31. The second kappa shape index (κ2) is 6.92. The minimum absolute atomic E-state index is 0.565. The van der Waals surface area contributed by atoms with Crippen molar-refractivity contribution in [3.63, 3.8) is 0 Å². The summed E-state index contributed by atoms with van der Waals surface area (Å²) >= 11 is 0. The van der Waals surface area contributed by atoms with Crippen LogP contribution in [-0.4, -0.2) is 33.9 Å². The number of ether oxygens (including phenoxy) is 2. The summed E-state index contributed by atoms with van der Waals surface area (Å²) in [6.07, 6.45) is 2.21. The van der Waals surface area contributed by atoms with E-state index in [-0.39, 0.29) is 0 Å². The zero-order chi connectivity index (χ0) is 13.7. The number of methoxy groups -OCH3 is 1. The minimum atomic E-state index is 0.565. The Labute approximate surface area is 116 Å². The first-order valence-corrected chi connectivity index (χ1v) is 7.17. The zero-order valence-corrected chi connectivity index (χ0v) is 12.2. The molecular weight excluding hydrogens is 238 g/mol. The van der Waals surface area contributed by atoms with Crippen LogP contribution in [0.3, 0.4) is 0 Å². The van der Waals surface area contributed by atoms with Crippen molar-refractivity contribution in [1.29, 1.82) is 0 Å². The molecule has 0 saturated carbocycles. The summed E-state index contributed by atoms with van der Waals surface area (Å²) in [5.41, 5.74) is 2.71. The van der Waals surface area contributed by atoms with Gasteiger partial charge in [0.15, 0.2) is 0 Å². The molecule has 1 aromatic rings. The Balaban J connectivity index is 2.14. The molecule has 1 atom stereocenters. The number of aryl methyl sites for hydroxylation is 1. The third-order valence-corrected chi connectivity index (χ3v) is 3.93. The molecule has 0 aliphatic carbocycles. The van der Waals surface area contributed by atoms with Crippen LogP contribution < -0.4 is 10.1 Å². The highest BCUT2D eigenvalue weighted by Gasteiger charge is 2.24. The maximum absolute atomic E-state index is 5.41. The summed E-state index contributed by atoms with van der Waals surface area (Å²) in [6, 6.07) is 6.62. The number of likely N-dealkylation sites (N-methyl/N-ethyl adjacent to an activating group) is 1. The first-order chi connectivity index (χ1) is 9.28. The minimum Gasteiger partial charge on any atom is -0.496 e. The van der Waals surface area contributed by atoms with Gasteiger partial charge in [0, 0.05) is 12.5 Å². The van der Waals surface area contributed by atoms with Crippen molar-refractivity contribution < 1.29 is 9.47 Å². The van der Waals surface area contributed by atoms with Crippen LogP contribution in [0, 0.1) is 5.92 Å². The number of hydrogen-bond acceptors (Lipinski definition) is 3. The van der Waals surface area contributed by atoms with Crippen LogP contribution in [0.1, 0.15) is 30.4 Å². The molecule has 106 valence electrons. The van der Waals surface area contributed by atoms with E-state index < -0.39 is 0 Å². The molecule has 0 bridgehead atoms. The van der Waals surface area contributed by atoms with E-state index in [2.05, 4.69) is 30.4 Å². The normalized spacial score (nSPS) is 17.0. The summed E-state index contributed by atoms with van der Waals surface area (Å²) in [6.45, 7) is 5.05. The van der Waals surface area contributed by atoms with Crippen molar-refractivity contribution in [1.82, 2.24) is 5.32 Å². The Morgan fingerprint density at radius 3 is 2.74 bits per heavy atom. The van der Waals surface area contributed by atoms with E-state index in [0.717, 1.165) is 37.8 Å². The van der Waals surface area contributed by atoms with Crippen molar-refractivity contribution in [2.45, 2.75) is 25.7 Å². The van der Waals surface area contributed by atoms with Gasteiger partial charge in [0.1, 0.15) is 5.75 Å². The van der Waals surface area contributed by atoms with Gasteiger partial charge in [0.2, 0.25) is 0 Å². The fraction of sp³-hybridized carbons (Fsp3) is 0.625. The molecule has 3 heteroatoms. The first-order valence-electron chi connectivity index (χ1n) is 7.17. The summed E-state index contributed by atoms with van der Waals surface area (Å²) in [4.78, 5) is 0. The summed E-state index contributed by atoms with van der Waals surface area (Å²) < 4.78 is 10.7. The fourth-order valence-electron chi connectivity index (χ4n) is 2.74. The standard InChI is InChI=1S/C16H25NO2/c1-4-13-8-14(5-6-16(13)18-3)15(9-17-2)7-12-10-19-11-12/h5-6,8,12,15,17H,4,7,9-11H2,1-3H3. The quantitative estimate of drug-likeness (QED) is 0.820. The molecule has 1 aliphatic heterocycles. The van der Waals surface area contributed by atoms with Gasteiger partial charge >= 0.3 is 0 Å². The van der Waals surface area contributed by atoms with Gasteiger partial charge in [-0.2, -0.15) is 0 Å². The molecule has 1 N–H and O–H groups in total. The van der Waals surface area contributed by atoms with Crippen LogP contribution >= 0.6 is 0 Å². The van der Waals surface area contributed by atoms with E-state index in [4.69, 9.17) is 9.47 Å². The average Bonchev–Trinajstić information content (AvgIpc) is 2.40. The second-order valence-corrected chi connectivity index (χ2v) is 5.32. The molecule has 1 fully saturated rings. The number of rotatable bonds is 7. The average molecular weight is 263 g/mol. The summed E-state index contributed by atoms with van der Waals surface area (Å²) in [5.74, 6) is 2.29. The highest BCUT2D eigenvalue weighted by molar-refractivity contribution is 5.38. The zero-order valence-electron chi connectivity index (χ0n) is 12.2. The molecule has 1 aliphatic rings. The van der Waals surface area contributed by atoms with Crippen LogP contribution in [0.5, 0.6) is 5.75 Å². The van der Waals surface area contributed by atoms with Crippen molar-refractivity contribution >= 4 is 0 Å². The highest BCUT2D eigenvalue weighted by atomic mass is 16.5. The largest absolute Gasteiger partial charge is 0.496 e. The van der Waals surface area contributed by atoms with Crippen LogP contribution in [0.4, 0.5) is 0 Å². The lowest BCUT2D eigenvalue weighted by Gasteiger charge is -2.30. The Morgan fingerprint density at radius 2 is 2.21 bits per heavy atom. The first kappa shape index (κ1) is 14.4. The molecule has 1 unspecified atom stereocenters. The van der Waals surface area contributed by atoms with Crippen LogP contribution in [0.2, 0.25) is 0 Å². The maximum atomic E-state index is 5.41. The predicted molar refractivity (Wildman–Crippen MR) is 78.0 cm³/mol. The lowest BCUT2D eigenvalue weighted by molar-refractivity contribution is -0.0384. The van der Waals surface area contributed by atoms with Gasteiger partial charge in [0.05, 0.1) is 20.3 Å². The predicted octanol–water partition coefficient (Wildman–Crippen LogP) is 2.60. The van der Waals surface area contributed by atoms with Gasteiger partial charge in [-0.3, -0.25) is 0 Å². The Morgan fingerprint density at radius 1 is 1.42 bits per heavy atom. The Kier molecular flexibility index (Phi) is 5.23. The molecular formula is C16H25NO2. The topological polar surface area (TPSA) is 30.5 Å². The van der Waals surface area contributed by atoms with Gasteiger partial charge in [-0.05, 0) is 43.0 Å². The molecule has 0 radical (unpaired) electrons. The molecule has 0 spiro atoms. The van der Waals surface area contributed by atoms with E-state index in [1.54, 1.807) is 7.11 Å². The monoisotopic (exact) mass is 263 g/mol. The van der Waals surface area contributed by atoms with Crippen molar-refractivity contribution in [2.75, 3.05) is 33.9 Å². The third kappa shape index (κ3) is 3.48. The number of nitrogens with one attached hydrogen (secondary N) is 1. The number of benzene rings is 1. The molecule has 2 rings (SSSR count). The highest BCUT2D eigenvalue weighted by Crippen LogP contribution is 2.30. The third-order valence-electron chi connectivity index (χ3n) is 3.93. The van der Waals surface area contributed by atoms with E-state index in [9.17, 15) is 0 Å². The fourth-order valence-corrected chi connectivity index (χ4v) is 2.74. The van der Waals surface area contributed by atoms with Gasteiger partial charge in [-0.25, -0.2) is 0 Å². The van der Waals surface area contributed by atoms with Gasteiger partial charge < -0.3 is 14.8 Å². The van der Waals surface area contributed by atoms with Crippen LogP contribution in [-0.2, 0) is 11.2 Å². The Bertz CT molecular complexity index is 402. The van der Waals surface area contributed by atoms with Gasteiger partial charge in [-0.15, -0.1) is 0 Å². The van der Waals surface area contributed by atoms with E-state index in [0.29, 0.717) is 5.92 Å². The molecule has 3 nitrogen and oxygen atoms in total. The lowest BCUT2D eigenvalue weighted by atomic mass is 9.86. The molecule has 19 heavy (non-hydrogen) atoms. The number of hydrogen-bond donors (Lipinski definition) is 1. The SMILES string of the molecule is CCc1cc(C(CNC)CC2COC2)ccc1OC. The smallest absolute Gasteiger partial charge is 0.122 e. The molecule has 1 aromatic carbocycles. The molecule has 1 saturated heterocycles. The van der Waals surface area contributed by atoms with E-state index in [1.807, 2.05) is 7.05 Å². The van der Waals surface area contributed by atoms with Crippen LogP contribution in [0.15, 0.2) is 18.2 Å². The van der Waals surface area contributed by atoms with Crippen molar-refractivity contribution in [3.05, 3.63) is 29.3 Å². The van der Waals surface area contributed by atoms with Crippen LogP contribution in [0.25, 0.3) is 0 Å². The lowest BCUT2D eigenvalue weighted by Crippen LogP contribution is -2.31. The van der Waals surface area contributed by atoms with Gasteiger partial charge in [0.25, 0.3) is 0 Å². The van der Waals surface area contributed by atoms with E-state index >= 15 is 0 Å². The van der Waals surface area contributed by atoms with Gasteiger partial charge in [-0.1, -0.05) is 19.1 Å².